The van der Waals surface area contributed by atoms with Gasteiger partial charge in [0.25, 0.3) is 23.5 Å². The summed E-state index contributed by atoms with van der Waals surface area (Å²) >= 11 is 14.4. The van der Waals surface area contributed by atoms with Crippen molar-refractivity contribution < 1.29 is 176 Å². The summed E-state index contributed by atoms with van der Waals surface area (Å²) in [5, 5.41) is 143. The summed E-state index contributed by atoms with van der Waals surface area (Å²) in [5.41, 5.74) is 20.8. The normalized spacial score (nSPS) is 25.8. The van der Waals surface area contributed by atoms with Gasteiger partial charge in [-0.2, -0.15) is 12.4 Å². The van der Waals surface area contributed by atoms with Crippen LogP contribution < -0.4 is 57.6 Å². The van der Waals surface area contributed by atoms with Gasteiger partial charge in [-0.3, -0.25) is 39.2 Å². The number of nitrogens with two attached hydrogens (primary N) is 4. The van der Waals surface area contributed by atoms with Gasteiger partial charge in [-0.15, -0.1) is 25.5 Å². The molecule has 5 unspecified atom stereocenters. The second-order valence-electron chi connectivity index (χ2n) is 22.8. The van der Waals surface area contributed by atoms with Crippen molar-refractivity contribution >= 4 is 82.2 Å². The Morgan fingerprint density at radius 3 is 1.06 bits per heavy atom. The third-order valence-corrected chi connectivity index (χ3v) is 15.1. The summed E-state index contributed by atoms with van der Waals surface area (Å²) < 4.78 is 67.6. The molecule has 5 aliphatic heterocycles. The number of carbonyl (C=O) groups excluding carboxylic acids is 6. The van der Waals surface area contributed by atoms with Gasteiger partial charge in [0, 0.05) is 62.7 Å². The zero-order chi connectivity index (χ0) is 90.4. The maximum Gasteiger partial charge on any atom is 1.00 e. The average molecular weight is 1780 g/mol. The van der Waals surface area contributed by atoms with E-state index in [2.05, 4.69) is 64.9 Å². The Morgan fingerprint density at radius 2 is 0.798 bits per heavy atom. The van der Waals surface area contributed by atoms with Crippen LogP contribution in [0.1, 0.15) is 138 Å². The molecule has 0 aliphatic carbocycles. The van der Waals surface area contributed by atoms with Crippen LogP contribution in [-0.2, 0) is 76.0 Å². The molecule has 52 nitrogen and oxygen atoms in total. The van der Waals surface area contributed by atoms with Crippen molar-refractivity contribution in [3.63, 3.8) is 0 Å². The topological polar surface area (TPSA) is 776 Å². The third-order valence-electron chi connectivity index (χ3n) is 15.1. The largest absolute Gasteiger partial charge is 1.00 e. The molecule has 0 bridgehead atoms. The molecular formula is C63H106Cl3N22NaO30. The molecule has 670 valence electrons. The molecule has 119 heavy (non-hydrogen) atoms. The second-order valence-corrected chi connectivity index (χ2v) is 24.8. The van der Waals surface area contributed by atoms with Crippen LogP contribution in [0.25, 0.3) is 0 Å². The minimum absolute atomic E-state index is 0. The van der Waals surface area contributed by atoms with Crippen molar-refractivity contribution in [2.75, 3.05) is 88.8 Å². The van der Waals surface area contributed by atoms with Crippen molar-refractivity contribution in [3.05, 3.63) is 60.8 Å². The van der Waals surface area contributed by atoms with Crippen molar-refractivity contribution in [1.82, 2.24) is 73.8 Å². The van der Waals surface area contributed by atoms with Crippen LogP contribution in [0.5, 0.6) is 0 Å². The molecule has 0 radical (unpaired) electrons. The van der Waals surface area contributed by atoms with Crippen molar-refractivity contribution in [2.24, 2.45) is 27.9 Å². The molecule has 2 amide bonds. The molecule has 5 aromatic heterocycles. The number of hydrogen-bond acceptors (Lipinski definition) is 44. The number of carbonyl (C=O) groups is 6. The Morgan fingerprint density at radius 1 is 0.513 bits per heavy atom. The van der Waals surface area contributed by atoms with E-state index in [1.54, 1.807) is 20.3 Å². The quantitative estimate of drug-likeness (QED) is 0.00549. The van der Waals surface area contributed by atoms with Gasteiger partial charge in [0.15, 0.2) is 65.7 Å². The zero-order valence-electron chi connectivity index (χ0n) is 67.6. The van der Waals surface area contributed by atoms with E-state index in [9.17, 15) is 59.4 Å². The van der Waals surface area contributed by atoms with E-state index < -0.39 is 183 Å². The molecule has 10 rings (SSSR count). The molecule has 5 aromatic rings. The van der Waals surface area contributed by atoms with Crippen LogP contribution in [-0.4, -0.2) is 362 Å². The van der Waals surface area contributed by atoms with Gasteiger partial charge in [0.1, 0.15) is 105 Å². The molecular weight excluding hydrogens is 1670 g/mol. The number of nitrogens with one attached hydrogen (secondary N) is 1. The van der Waals surface area contributed by atoms with Gasteiger partial charge in [-0.25, -0.2) is 48.3 Å². The number of aliphatic imine (C=N–C) groups is 1. The van der Waals surface area contributed by atoms with E-state index in [-0.39, 0.29) is 70.4 Å². The minimum Gasteiger partial charge on any atom is -0.857 e. The first-order valence-electron chi connectivity index (χ1n) is 34.9. The number of amidine groups is 1. The van der Waals surface area contributed by atoms with Gasteiger partial charge in [-0.1, -0.05) is 62.5 Å². The fourth-order valence-corrected chi connectivity index (χ4v) is 10.1. The molecule has 20 N–H and O–H groups in total. The maximum absolute atomic E-state index is 11.4. The number of ether oxygens (including phenoxy) is 12. The van der Waals surface area contributed by atoms with Crippen LogP contribution in [0.2, 0.25) is 0 Å². The smallest absolute Gasteiger partial charge is 0.857 e. The van der Waals surface area contributed by atoms with Gasteiger partial charge in [0.2, 0.25) is 23.3 Å². The van der Waals surface area contributed by atoms with Crippen LogP contribution in [0.4, 0.5) is 0 Å². The zero-order valence-corrected chi connectivity index (χ0v) is 71.9. The fraction of sp³-hybridized carbons (Fsp3) is 0.698. The van der Waals surface area contributed by atoms with E-state index in [1.165, 1.54) is 78.8 Å². The number of rotatable bonds is 23. The Labute approximate surface area is 718 Å². The summed E-state index contributed by atoms with van der Waals surface area (Å²) in [5.74, 6) is -4.04. The Balaban J connectivity index is 0. The number of alkyl halides is 3. The Hall–Kier alpha value is -7.98. The number of hydrogen-bond donors (Lipinski definition) is 16. The number of aliphatic hydroxyl groups is 11. The van der Waals surface area contributed by atoms with E-state index in [0.717, 1.165) is 32.3 Å². The first-order chi connectivity index (χ1) is 56.1. The van der Waals surface area contributed by atoms with Crippen LogP contribution in [0.3, 0.4) is 0 Å². The second kappa shape index (κ2) is 60.5. The van der Waals surface area contributed by atoms with Gasteiger partial charge >= 0.3 is 53.4 Å². The fourth-order valence-electron chi connectivity index (χ4n) is 10.1. The molecule has 10 heterocycles. The molecule has 0 spiro atoms. The van der Waals surface area contributed by atoms with Crippen LogP contribution in [0.15, 0.2) is 36.6 Å². The average Bonchev–Trinajstić information content (AvgIpc) is 1.62. The van der Waals surface area contributed by atoms with E-state index in [0.29, 0.717) is 39.1 Å². The van der Waals surface area contributed by atoms with Gasteiger partial charge < -0.3 is 141 Å². The number of nitriles is 1. The number of aliphatic hydroxyl groups excluding tert-OH is 11. The maximum atomic E-state index is 11.4. The minimum atomic E-state index is -1.27. The molecule has 0 saturated carbocycles. The van der Waals surface area contributed by atoms with Gasteiger partial charge in [0.05, 0.1) is 46.7 Å². The van der Waals surface area contributed by atoms with Crippen molar-refractivity contribution in [1.29, 1.82) is 10.7 Å². The first kappa shape index (κ1) is 113. The monoisotopic (exact) mass is 1780 g/mol. The molecule has 5 fully saturated rings. The summed E-state index contributed by atoms with van der Waals surface area (Å²) in [6, 6.07) is 1.80. The summed E-state index contributed by atoms with van der Waals surface area (Å²) in [4.78, 5) is 90.2. The molecule has 0 aromatic carbocycles. The number of amides is 2. The van der Waals surface area contributed by atoms with Crippen LogP contribution in [0, 0.1) is 16.7 Å². The predicted molar refractivity (Wildman–Crippen MR) is 399 cm³/mol. The SMILES string of the molecule is CC.CC[C@H]1O[C@@H](n2cnc(C#N)n2)[C@@H](OC(C)=O)C1OC(C)=O.CC[C@H]1O[C@@H](n2cnc(C(N)=O)n2)[C@@H](OC(C)=O)C1OC(C)=O.CO.CO.COC(=N)c1ncn([C@@H]2O[C@H](CO)C(O)[C@@H]2O)n1.COCCN.COCCN=C(N)c1ncn([C@@H]2O[C@H](CO)C(O)[C@@H]2O)n1.C[O-].ClC(Cl)Cl.NC(=O)c1ncn([C@@H]2O[C@H](CO)C(O)[C@@H]2O)n1.[Na+]. The third kappa shape index (κ3) is 35.6. The molecule has 5 aliphatic rings. The number of halogens is 3. The standard InChI is InChI=1S/C13H18N4O6.C13H16N4O5.C11H19N5O5.C9H14N4O5.C8H12N4O5.C3H9NO.C2H6.CHCl3.2CH4O.CH3O.Na/c1-4-8-9(21-6(2)18)10(22-7(3)19)13(23-8)17-5-15-12(16-17)11(14)20;1-4-9-11(20-7(2)18)12(21-8(3)19)13(22-9)17-6-15-10(5-14)16-17;1-20-3-2-13-9(12)10-14-5-16(15-10)11-8(19)7(18)6(4-17)21-11;1-17-7(10)8-11-3-13(12-8)9-6(16)5(15)4(2-14)18-9;9-6(16)7-10-2-12(11-7)8-5(15)4(14)3(1-13)17-8;1-5-3-2-4;1-2;2-1(3)4;3*1-2;/h5,8-10,13H,4H2,1-3H3,(H2,14,20);6,9,11-13H,4H2,1-3H3;5-8,11,17-19H,2-4H2,1H3,(H2,12,13);3-6,9-10,14-16H,2H2,1H3;2-5,8,13-15H,1H2,(H2,9,16);2-4H2,1H3;1-2H3;1H;2*2H,1H3;1H3;/q;;;;;;;;;;-1;+1/t8-,9?,10+,13-;9-,11?,12+,13-;6-,7?,8+,11-;4-,5?,6+,9-;3-,4?,5+,8-;;;;;;;/m11111......./s1. The first-order valence-corrected chi connectivity index (χ1v) is 36.2. The number of primary amides is 2. The molecule has 56 heteroatoms. The summed E-state index contributed by atoms with van der Waals surface area (Å²) in [6.45, 7) is 13.5. The molecule has 5 saturated heterocycles. The Kier molecular flexibility index (Phi) is 57.5. The predicted octanol–water partition coefficient (Wildman–Crippen LogP) is -10.2. The number of aromatic nitrogens is 15. The number of esters is 4. The summed E-state index contributed by atoms with van der Waals surface area (Å²) in [6.07, 6.45) is -11.5. The van der Waals surface area contributed by atoms with Crippen LogP contribution >= 0.6 is 34.8 Å². The Bertz CT molecular complexity index is 3790. The number of methoxy groups -OCH3 is 3. The number of nitrogens with zero attached hydrogens (tertiary/aromatic N) is 17. The van der Waals surface area contributed by atoms with E-state index in [4.69, 9.17) is 146 Å². The summed E-state index contributed by atoms with van der Waals surface area (Å²) in [7, 11) is 7.25. The van der Waals surface area contributed by atoms with Crippen molar-refractivity contribution in [3.8, 4) is 6.07 Å². The molecule has 20 atom stereocenters. The van der Waals surface area contributed by atoms with E-state index >= 15 is 0 Å². The van der Waals surface area contributed by atoms with E-state index in [1.807, 2.05) is 27.7 Å². The van der Waals surface area contributed by atoms with Crippen molar-refractivity contribution in [2.45, 2.75) is 195 Å². The van der Waals surface area contributed by atoms with Gasteiger partial charge in [-0.05, 0) is 12.8 Å².